The van der Waals surface area contributed by atoms with Crippen molar-refractivity contribution >= 4 is 35.2 Å². The first kappa shape index (κ1) is 16.6. The third kappa shape index (κ3) is 3.70. The van der Waals surface area contributed by atoms with Gasteiger partial charge in [-0.3, -0.25) is 0 Å². The number of halogens is 1. The predicted octanol–water partition coefficient (Wildman–Crippen LogP) is 3.67. The van der Waals surface area contributed by atoms with Crippen molar-refractivity contribution < 1.29 is 24.5 Å². The van der Waals surface area contributed by atoms with Crippen LogP contribution in [0.5, 0.6) is 5.75 Å². The average molecular weight is 333 g/mol. The zero-order valence-corrected chi connectivity index (χ0v) is 12.9. The molecule has 0 bridgehead atoms. The molecule has 23 heavy (non-hydrogen) atoms. The van der Waals surface area contributed by atoms with Crippen molar-refractivity contribution in [1.29, 1.82) is 0 Å². The normalized spacial score (nSPS) is 11.1. The van der Waals surface area contributed by atoms with Crippen LogP contribution in [0.4, 0.5) is 0 Å². The summed E-state index contributed by atoms with van der Waals surface area (Å²) in [5, 5.41) is 18.9. The van der Waals surface area contributed by atoms with Gasteiger partial charge in [0.2, 0.25) is 0 Å². The SMILES string of the molecule is COc1ccc(/C(=C/c2ccccc2C(=O)O)C(=O)O)cc1Cl. The number of carboxylic acids is 2. The van der Waals surface area contributed by atoms with E-state index in [-0.39, 0.29) is 16.2 Å². The maximum absolute atomic E-state index is 11.6. The average Bonchev–Trinajstić information content (AvgIpc) is 2.52. The second kappa shape index (κ2) is 6.98. The highest BCUT2D eigenvalue weighted by Gasteiger charge is 2.15. The minimum Gasteiger partial charge on any atom is -0.495 e. The van der Waals surface area contributed by atoms with E-state index in [4.69, 9.17) is 16.3 Å². The molecular weight excluding hydrogens is 320 g/mol. The van der Waals surface area contributed by atoms with Crippen LogP contribution in [-0.2, 0) is 4.79 Å². The Labute approximate surface area is 137 Å². The van der Waals surface area contributed by atoms with Crippen molar-refractivity contribution in [2.45, 2.75) is 0 Å². The van der Waals surface area contributed by atoms with Crippen molar-refractivity contribution in [1.82, 2.24) is 0 Å². The molecule has 0 amide bonds. The number of methoxy groups -OCH3 is 1. The summed E-state index contributed by atoms with van der Waals surface area (Å²) in [5.74, 6) is -1.90. The molecule has 0 fully saturated rings. The monoisotopic (exact) mass is 332 g/mol. The zero-order chi connectivity index (χ0) is 17.0. The fraction of sp³-hybridized carbons (Fsp3) is 0.0588. The van der Waals surface area contributed by atoms with Gasteiger partial charge in [0.25, 0.3) is 0 Å². The number of carbonyl (C=O) groups is 2. The van der Waals surface area contributed by atoms with Gasteiger partial charge < -0.3 is 14.9 Å². The van der Waals surface area contributed by atoms with Crippen LogP contribution in [0.15, 0.2) is 42.5 Å². The Balaban J connectivity index is 2.58. The maximum Gasteiger partial charge on any atom is 0.336 e. The molecule has 2 N–H and O–H groups in total. The highest BCUT2D eigenvalue weighted by Crippen LogP contribution is 2.29. The molecule has 0 heterocycles. The molecule has 0 spiro atoms. The Bertz CT molecular complexity index is 795. The predicted molar refractivity (Wildman–Crippen MR) is 86.9 cm³/mol. The molecule has 118 valence electrons. The summed E-state index contributed by atoms with van der Waals surface area (Å²) >= 11 is 6.02. The fourth-order valence-electron chi connectivity index (χ4n) is 2.08. The van der Waals surface area contributed by atoms with Crippen LogP contribution in [-0.4, -0.2) is 29.3 Å². The summed E-state index contributed by atoms with van der Waals surface area (Å²) in [6, 6.07) is 10.7. The Morgan fingerprint density at radius 3 is 2.39 bits per heavy atom. The summed E-state index contributed by atoms with van der Waals surface area (Å²) in [4.78, 5) is 22.8. The van der Waals surface area contributed by atoms with E-state index in [0.717, 1.165) is 0 Å². The molecule has 0 aliphatic rings. The fourth-order valence-corrected chi connectivity index (χ4v) is 2.33. The Morgan fingerprint density at radius 1 is 1.13 bits per heavy atom. The van der Waals surface area contributed by atoms with Crippen LogP contribution in [0.25, 0.3) is 11.6 Å². The summed E-state index contributed by atoms with van der Waals surface area (Å²) in [6.45, 7) is 0. The lowest BCUT2D eigenvalue weighted by Gasteiger charge is -2.08. The zero-order valence-electron chi connectivity index (χ0n) is 12.1. The van der Waals surface area contributed by atoms with Crippen LogP contribution in [0, 0.1) is 0 Å². The lowest BCUT2D eigenvalue weighted by molar-refractivity contribution is -0.130. The van der Waals surface area contributed by atoms with E-state index in [0.29, 0.717) is 16.9 Å². The van der Waals surface area contributed by atoms with Gasteiger partial charge in [0.05, 0.1) is 23.3 Å². The largest absolute Gasteiger partial charge is 0.495 e. The first-order valence-corrected chi connectivity index (χ1v) is 6.93. The minimum atomic E-state index is -1.19. The first-order valence-electron chi connectivity index (χ1n) is 6.55. The first-order chi connectivity index (χ1) is 10.9. The molecule has 2 aromatic carbocycles. The van der Waals surface area contributed by atoms with Gasteiger partial charge in [-0.05, 0) is 35.4 Å². The van der Waals surface area contributed by atoms with Crippen molar-refractivity contribution in [2.75, 3.05) is 7.11 Å². The molecule has 0 aliphatic carbocycles. The molecule has 0 atom stereocenters. The molecule has 0 saturated heterocycles. The van der Waals surface area contributed by atoms with Gasteiger partial charge >= 0.3 is 11.9 Å². The number of hydrogen-bond acceptors (Lipinski definition) is 3. The highest BCUT2D eigenvalue weighted by atomic mass is 35.5. The van der Waals surface area contributed by atoms with Gasteiger partial charge in [0.1, 0.15) is 5.75 Å². The number of aromatic carboxylic acids is 1. The minimum absolute atomic E-state index is 0.0193. The number of rotatable bonds is 5. The second-order valence-corrected chi connectivity index (χ2v) is 5.01. The van der Waals surface area contributed by atoms with E-state index in [1.54, 1.807) is 24.3 Å². The number of carboxylic acid groups (broad SMARTS) is 2. The third-order valence-corrected chi connectivity index (χ3v) is 3.48. The van der Waals surface area contributed by atoms with E-state index in [1.807, 2.05) is 0 Å². The molecule has 2 rings (SSSR count). The molecule has 5 nitrogen and oxygen atoms in total. The molecular formula is C17H13ClO5. The Hall–Kier alpha value is -2.79. The highest BCUT2D eigenvalue weighted by molar-refractivity contribution is 6.32. The van der Waals surface area contributed by atoms with Crippen molar-refractivity contribution in [3.05, 3.63) is 64.2 Å². The van der Waals surface area contributed by atoms with Crippen LogP contribution in [0.3, 0.4) is 0 Å². The molecule has 0 unspecified atom stereocenters. The Kier molecular flexibility index (Phi) is 5.03. The van der Waals surface area contributed by atoms with E-state index >= 15 is 0 Å². The molecule has 2 aromatic rings. The smallest absolute Gasteiger partial charge is 0.336 e. The van der Waals surface area contributed by atoms with Gasteiger partial charge in [-0.25, -0.2) is 9.59 Å². The van der Waals surface area contributed by atoms with Crippen molar-refractivity contribution in [3.8, 4) is 5.75 Å². The number of hydrogen-bond donors (Lipinski definition) is 2. The van der Waals surface area contributed by atoms with E-state index in [1.165, 1.54) is 31.4 Å². The second-order valence-electron chi connectivity index (χ2n) is 4.60. The topological polar surface area (TPSA) is 83.8 Å². The van der Waals surface area contributed by atoms with Crippen LogP contribution < -0.4 is 4.74 Å². The van der Waals surface area contributed by atoms with Crippen LogP contribution in [0.2, 0.25) is 5.02 Å². The van der Waals surface area contributed by atoms with Gasteiger partial charge in [-0.15, -0.1) is 0 Å². The maximum atomic E-state index is 11.6. The van der Waals surface area contributed by atoms with E-state index in [2.05, 4.69) is 0 Å². The lowest BCUT2D eigenvalue weighted by Crippen LogP contribution is -2.03. The summed E-state index contributed by atoms with van der Waals surface area (Å²) in [7, 11) is 1.46. The van der Waals surface area contributed by atoms with Gasteiger partial charge in [0, 0.05) is 0 Å². The van der Waals surface area contributed by atoms with Gasteiger partial charge in [0.15, 0.2) is 0 Å². The standard InChI is InChI=1S/C17H13ClO5/c1-23-15-7-6-11(9-14(15)18)13(17(21)22)8-10-4-2-3-5-12(10)16(19)20/h2-9H,1H3,(H,19,20)(H,21,22)/b13-8-. The number of benzene rings is 2. The third-order valence-electron chi connectivity index (χ3n) is 3.18. The van der Waals surface area contributed by atoms with Gasteiger partial charge in [-0.2, -0.15) is 0 Å². The molecule has 0 aliphatic heterocycles. The van der Waals surface area contributed by atoms with Crippen LogP contribution in [0.1, 0.15) is 21.5 Å². The van der Waals surface area contributed by atoms with E-state index < -0.39 is 11.9 Å². The van der Waals surface area contributed by atoms with Crippen molar-refractivity contribution in [3.63, 3.8) is 0 Å². The number of ether oxygens (including phenoxy) is 1. The van der Waals surface area contributed by atoms with Gasteiger partial charge in [-0.1, -0.05) is 35.9 Å². The lowest BCUT2D eigenvalue weighted by atomic mass is 10.00. The Morgan fingerprint density at radius 2 is 1.83 bits per heavy atom. The summed E-state index contributed by atoms with van der Waals surface area (Å²) in [6.07, 6.45) is 1.31. The molecule has 6 heteroatoms. The van der Waals surface area contributed by atoms with E-state index in [9.17, 15) is 19.8 Å². The molecule has 0 radical (unpaired) electrons. The quantitative estimate of drug-likeness (QED) is 0.644. The van der Waals surface area contributed by atoms with Crippen LogP contribution >= 0.6 is 11.6 Å². The summed E-state index contributed by atoms with van der Waals surface area (Å²) < 4.78 is 5.03. The molecule has 0 aromatic heterocycles. The van der Waals surface area contributed by atoms with Crippen molar-refractivity contribution in [2.24, 2.45) is 0 Å². The summed E-state index contributed by atoms with van der Waals surface area (Å²) in [5.41, 5.74) is 0.599. The molecule has 0 saturated carbocycles. The number of aliphatic carboxylic acids is 1.